The molecule has 250 valence electrons. The SMILES string of the molecule is CCN(CC)c1ccc2cc(-c3cccc(-c4ccc(-c5cccc(-c6cc7ccc(N(CC)CC)cc7oc6=O)c5)cc4)c3)c(=O)oc2c1. The lowest BCUT2D eigenvalue weighted by molar-refractivity contribution is 0.563. The molecule has 0 aliphatic carbocycles. The van der Waals surface area contributed by atoms with E-state index >= 15 is 0 Å². The first-order valence-corrected chi connectivity index (χ1v) is 17.4. The molecule has 0 unspecified atom stereocenters. The van der Waals surface area contributed by atoms with Crippen molar-refractivity contribution in [3.63, 3.8) is 0 Å². The Balaban J connectivity index is 1.15. The van der Waals surface area contributed by atoms with Gasteiger partial charge in [-0.25, -0.2) is 9.59 Å². The van der Waals surface area contributed by atoms with Gasteiger partial charge in [0.2, 0.25) is 0 Å². The molecule has 0 N–H and O–H groups in total. The van der Waals surface area contributed by atoms with Crippen LogP contribution < -0.4 is 21.1 Å². The lowest BCUT2D eigenvalue weighted by Gasteiger charge is -2.21. The van der Waals surface area contributed by atoms with Crippen LogP contribution in [0.4, 0.5) is 11.4 Å². The van der Waals surface area contributed by atoms with E-state index in [2.05, 4.69) is 73.9 Å². The van der Waals surface area contributed by atoms with Crippen LogP contribution in [0.5, 0.6) is 0 Å². The standard InChI is InChI=1S/C44H40N2O4/c1-5-45(6-2)37-21-19-35-25-39(43(47)49-41(35)27-37)33-13-9-11-31(23-33)29-15-17-30(18-16-29)32-12-10-14-34(24-32)40-26-36-20-22-38(46(7-3)8-4)28-42(36)50-44(40)48/h9-28H,5-8H2,1-4H3. The van der Waals surface area contributed by atoms with Gasteiger partial charge in [0.1, 0.15) is 11.2 Å². The minimum Gasteiger partial charge on any atom is -0.422 e. The summed E-state index contributed by atoms with van der Waals surface area (Å²) in [6, 6.07) is 40.2. The van der Waals surface area contributed by atoms with Crippen LogP contribution in [0.1, 0.15) is 27.7 Å². The van der Waals surface area contributed by atoms with Gasteiger partial charge in [0, 0.05) is 60.5 Å². The van der Waals surface area contributed by atoms with Gasteiger partial charge in [0.15, 0.2) is 0 Å². The van der Waals surface area contributed by atoms with Gasteiger partial charge in [0.05, 0.1) is 11.1 Å². The number of rotatable bonds is 10. The number of hydrogen-bond donors (Lipinski definition) is 0. The Hall–Kier alpha value is -5.88. The molecular formula is C44H40N2O4. The fraction of sp³-hybridized carbons (Fsp3) is 0.182. The van der Waals surface area contributed by atoms with E-state index in [9.17, 15) is 9.59 Å². The molecule has 2 heterocycles. The molecule has 7 aromatic rings. The molecule has 0 aliphatic rings. The number of anilines is 2. The topological polar surface area (TPSA) is 66.9 Å². The van der Waals surface area contributed by atoms with Crippen molar-refractivity contribution in [2.75, 3.05) is 36.0 Å². The van der Waals surface area contributed by atoms with Gasteiger partial charge in [0.25, 0.3) is 0 Å². The highest BCUT2D eigenvalue weighted by atomic mass is 16.4. The zero-order valence-electron chi connectivity index (χ0n) is 28.9. The molecule has 0 spiro atoms. The Kier molecular flexibility index (Phi) is 9.09. The van der Waals surface area contributed by atoms with Crippen molar-refractivity contribution in [1.82, 2.24) is 0 Å². The Bertz CT molecular complexity index is 2260. The first-order chi connectivity index (χ1) is 24.4. The summed E-state index contributed by atoms with van der Waals surface area (Å²) in [6.07, 6.45) is 0. The molecular weight excluding hydrogens is 620 g/mol. The second-order valence-corrected chi connectivity index (χ2v) is 12.4. The van der Waals surface area contributed by atoms with Crippen LogP contribution in [0.25, 0.3) is 66.4 Å². The van der Waals surface area contributed by atoms with Crippen LogP contribution in [0.2, 0.25) is 0 Å². The van der Waals surface area contributed by atoms with Crippen molar-refractivity contribution in [2.24, 2.45) is 0 Å². The fourth-order valence-electron chi connectivity index (χ4n) is 6.76. The van der Waals surface area contributed by atoms with Gasteiger partial charge < -0.3 is 18.6 Å². The minimum atomic E-state index is -0.355. The molecule has 50 heavy (non-hydrogen) atoms. The zero-order valence-corrected chi connectivity index (χ0v) is 28.9. The maximum Gasteiger partial charge on any atom is 0.344 e. The average Bonchev–Trinajstić information content (AvgIpc) is 3.15. The molecule has 6 nitrogen and oxygen atoms in total. The number of nitrogens with zero attached hydrogens (tertiary/aromatic N) is 2. The molecule has 6 heteroatoms. The van der Waals surface area contributed by atoms with Crippen molar-refractivity contribution in [3.8, 4) is 44.5 Å². The molecule has 0 amide bonds. The van der Waals surface area contributed by atoms with Crippen LogP contribution in [-0.2, 0) is 0 Å². The van der Waals surface area contributed by atoms with Gasteiger partial charge >= 0.3 is 11.3 Å². The molecule has 0 fully saturated rings. The van der Waals surface area contributed by atoms with Crippen molar-refractivity contribution in [2.45, 2.75) is 27.7 Å². The second kappa shape index (κ2) is 13.9. The van der Waals surface area contributed by atoms with Gasteiger partial charge in [-0.3, -0.25) is 0 Å². The van der Waals surface area contributed by atoms with Crippen LogP contribution in [0.3, 0.4) is 0 Å². The second-order valence-electron chi connectivity index (χ2n) is 12.4. The monoisotopic (exact) mass is 660 g/mol. The summed E-state index contributed by atoms with van der Waals surface area (Å²) < 4.78 is 11.6. The van der Waals surface area contributed by atoms with Gasteiger partial charge in [-0.15, -0.1) is 0 Å². The number of benzene rings is 5. The highest BCUT2D eigenvalue weighted by Gasteiger charge is 2.13. The summed E-state index contributed by atoms with van der Waals surface area (Å²) in [5, 5.41) is 1.77. The third kappa shape index (κ3) is 6.32. The Labute approximate surface area is 291 Å². The molecule has 0 saturated carbocycles. The average molecular weight is 661 g/mol. The lowest BCUT2D eigenvalue weighted by atomic mass is 9.96. The summed E-state index contributed by atoms with van der Waals surface area (Å²) in [5.74, 6) is 0. The Morgan fingerprint density at radius 3 is 1.18 bits per heavy atom. The highest BCUT2D eigenvalue weighted by Crippen LogP contribution is 2.32. The van der Waals surface area contributed by atoms with E-state index in [0.717, 1.165) is 81.7 Å². The quantitative estimate of drug-likeness (QED) is 0.136. The smallest absolute Gasteiger partial charge is 0.344 e. The van der Waals surface area contributed by atoms with Crippen molar-refractivity contribution >= 4 is 33.3 Å². The Morgan fingerprint density at radius 1 is 0.420 bits per heavy atom. The van der Waals surface area contributed by atoms with Gasteiger partial charge in [-0.05, 0) is 110 Å². The molecule has 5 aromatic carbocycles. The molecule has 0 saturated heterocycles. The molecule has 0 atom stereocenters. The third-order valence-electron chi connectivity index (χ3n) is 9.60. The van der Waals surface area contributed by atoms with Crippen molar-refractivity contribution < 1.29 is 8.83 Å². The van der Waals surface area contributed by atoms with Crippen LogP contribution in [0, 0.1) is 0 Å². The third-order valence-corrected chi connectivity index (χ3v) is 9.60. The van der Waals surface area contributed by atoms with E-state index in [4.69, 9.17) is 8.83 Å². The summed E-state index contributed by atoms with van der Waals surface area (Å²) in [4.78, 5) is 30.8. The van der Waals surface area contributed by atoms with E-state index in [1.807, 2.05) is 84.9 Å². The minimum absolute atomic E-state index is 0.355. The lowest BCUT2D eigenvalue weighted by Crippen LogP contribution is -2.21. The van der Waals surface area contributed by atoms with E-state index < -0.39 is 0 Å². The van der Waals surface area contributed by atoms with Crippen LogP contribution in [-0.4, -0.2) is 26.2 Å². The zero-order chi connectivity index (χ0) is 34.8. The van der Waals surface area contributed by atoms with E-state index in [1.54, 1.807) is 0 Å². The van der Waals surface area contributed by atoms with E-state index in [0.29, 0.717) is 22.3 Å². The van der Waals surface area contributed by atoms with Crippen molar-refractivity contribution in [3.05, 3.63) is 142 Å². The summed E-state index contributed by atoms with van der Waals surface area (Å²) in [5.41, 5.74) is 9.28. The first kappa shape index (κ1) is 32.7. The van der Waals surface area contributed by atoms with Crippen LogP contribution in [0.15, 0.2) is 140 Å². The Morgan fingerprint density at radius 2 is 0.800 bits per heavy atom. The normalized spacial score (nSPS) is 11.3. The summed E-state index contributed by atoms with van der Waals surface area (Å²) in [7, 11) is 0. The maximum atomic E-state index is 13.2. The predicted molar refractivity (Wildman–Crippen MR) is 207 cm³/mol. The molecule has 0 radical (unpaired) electrons. The number of hydrogen-bond acceptors (Lipinski definition) is 6. The van der Waals surface area contributed by atoms with Gasteiger partial charge in [-0.1, -0.05) is 60.7 Å². The first-order valence-electron chi connectivity index (χ1n) is 17.4. The molecule has 0 bridgehead atoms. The van der Waals surface area contributed by atoms with Crippen molar-refractivity contribution in [1.29, 1.82) is 0 Å². The van der Waals surface area contributed by atoms with Gasteiger partial charge in [-0.2, -0.15) is 0 Å². The fourth-order valence-corrected chi connectivity index (χ4v) is 6.76. The molecule has 0 aliphatic heterocycles. The highest BCUT2D eigenvalue weighted by molar-refractivity contribution is 5.87. The summed E-state index contributed by atoms with van der Waals surface area (Å²) >= 11 is 0. The largest absolute Gasteiger partial charge is 0.422 e. The predicted octanol–water partition coefficient (Wildman–Crippen LogP) is 10.3. The molecule has 2 aromatic heterocycles. The van der Waals surface area contributed by atoms with E-state index in [-0.39, 0.29) is 11.3 Å². The maximum absolute atomic E-state index is 13.2. The number of fused-ring (bicyclic) bond motifs is 2. The summed E-state index contributed by atoms with van der Waals surface area (Å²) in [6.45, 7) is 12.0. The van der Waals surface area contributed by atoms with Crippen LogP contribution >= 0.6 is 0 Å². The molecule has 7 rings (SSSR count). The van der Waals surface area contributed by atoms with E-state index in [1.165, 1.54) is 0 Å².